The minimum absolute atomic E-state index is 0.360. The second kappa shape index (κ2) is 4.80. The van der Waals surface area contributed by atoms with Gasteiger partial charge in [0.2, 0.25) is 0 Å². The lowest BCUT2D eigenvalue weighted by Crippen LogP contribution is -2.49. The molecular formula is C8H14N2O4. The third-order valence-electron chi connectivity index (χ3n) is 2.12. The Hall–Kier alpha value is -1.30. The molecule has 1 unspecified atom stereocenters. The molecule has 0 aromatic carbocycles. The van der Waals surface area contributed by atoms with Crippen molar-refractivity contribution in [3.05, 3.63) is 0 Å². The van der Waals surface area contributed by atoms with Crippen LogP contribution in [0.15, 0.2) is 0 Å². The van der Waals surface area contributed by atoms with Crippen LogP contribution in [0.4, 0.5) is 9.59 Å². The first-order valence-corrected chi connectivity index (χ1v) is 4.47. The number of carbonyl (C=O) groups is 2. The molecule has 1 heterocycles. The number of nitrogens with zero attached hydrogens (tertiary/aromatic N) is 1. The molecule has 1 aliphatic rings. The molecule has 0 aromatic rings. The van der Waals surface area contributed by atoms with Crippen molar-refractivity contribution in [2.75, 3.05) is 13.7 Å². The topological polar surface area (TPSA) is 81.9 Å². The van der Waals surface area contributed by atoms with E-state index >= 15 is 0 Å². The third kappa shape index (κ3) is 2.59. The van der Waals surface area contributed by atoms with Gasteiger partial charge in [-0.3, -0.25) is 4.90 Å². The van der Waals surface area contributed by atoms with Crippen molar-refractivity contribution >= 4 is 12.2 Å². The van der Waals surface area contributed by atoms with Gasteiger partial charge in [0.05, 0.1) is 13.3 Å². The van der Waals surface area contributed by atoms with E-state index in [2.05, 4.69) is 9.47 Å². The van der Waals surface area contributed by atoms with Crippen LogP contribution in [0.2, 0.25) is 0 Å². The van der Waals surface area contributed by atoms with Crippen LogP contribution >= 0.6 is 0 Å². The van der Waals surface area contributed by atoms with Gasteiger partial charge < -0.3 is 15.2 Å². The van der Waals surface area contributed by atoms with Gasteiger partial charge in [-0.15, -0.1) is 0 Å². The predicted molar refractivity (Wildman–Crippen MR) is 47.4 cm³/mol. The molecule has 0 spiro atoms. The van der Waals surface area contributed by atoms with E-state index < -0.39 is 12.2 Å². The molecule has 1 rings (SSSR count). The largest absolute Gasteiger partial charge is 0.517 e. The van der Waals surface area contributed by atoms with E-state index in [1.165, 1.54) is 4.90 Å². The highest BCUT2D eigenvalue weighted by Gasteiger charge is 2.26. The molecule has 1 saturated heterocycles. The zero-order valence-corrected chi connectivity index (χ0v) is 8.06. The summed E-state index contributed by atoms with van der Waals surface area (Å²) in [6, 6.07) is 0. The van der Waals surface area contributed by atoms with Gasteiger partial charge in [-0.05, 0) is 19.3 Å². The molecular weight excluding hydrogens is 188 g/mol. The minimum Gasteiger partial charge on any atom is -0.437 e. The smallest absolute Gasteiger partial charge is 0.437 e. The highest BCUT2D eigenvalue weighted by Crippen LogP contribution is 2.14. The monoisotopic (exact) mass is 202 g/mol. The van der Waals surface area contributed by atoms with Crippen LogP contribution < -0.4 is 5.73 Å². The first-order valence-electron chi connectivity index (χ1n) is 4.47. The summed E-state index contributed by atoms with van der Waals surface area (Å²) in [4.78, 5) is 23.3. The molecule has 6 heteroatoms. The molecule has 6 nitrogen and oxygen atoms in total. The van der Waals surface area contributed by atoms with E-state index in [1.807, 2.05) is 0 Å². The lowest BCUT2D eigenvalue weighted by atomic mass is 10.1. The van der Waals surface area contributed by atoms with Gasteiger partial charge in [-0.1, -0.05) is 0 Å². The first-order chi connectivity index (χ1) is 6.65. The van der Waals surface area contributed by atoms with Crippen molar-refractivity contribution in [1.29, 1.82) is 0 Å². The zero-order valence-electron chi connectivity index (χ0n) is 8.06. The molecule has 80 valence electrons. The number of nitrogens with two attached hydrogens (primary N) is 1. The molecule has 0 aliphatic carbocycles. The SMILES string of the molecule is COC(=O)OC(=O)N1CCCCC1N. The Labute approximate surface area is 81.9 Å². The van der Waals surface area contributed by atoms with Gasteiger partial charge in [0, 0.05) is 6.54 Å². The van der Waals surface area contributed by atoms with Crippen LogP contribution in [-0.2, 0) is 9.47 Å². The van der Waals surface area contributed by atoms with Gasteiger partial charge in [0.1, 0.15) is 0 Å². The minimum atomic E-state index is -1.01. The van der Waals surface area contributed by atoms with Gasteiger partial charge in [-0.25, -0.2) is 9.59 Å². The molecule has 1 aliphatic heterocycles. The van der Waals surface area contributed by atoms with E-state index in [-0.39, 0.29) is 6.17 Å². The Morgan fingerprint density at radius 1 is 1.43 bits per heavy atom. The summed E-state index contributed by atoms with van der Waals surface area (Å²) in [7, 11) is 1.14. The normalized spacial score (nSPS) is 21.6. The number of piperidine rings is 1. The maximum atomic E-state index is 11.3. The molecule has 1 amide bonds. The average Bonchev–Trinajstić information content (AvgIpc) is 2.18. The molecule has 0 aromatic heterocycles. The number of hydrogen-bond acceptors (Lipinski definition) is 5. The summed E-state index contributed by atoms with van der Waals surface area (Å²) in [5.74, 6) is 0. The number of hydrogen-bond donors (Lipinski definition) is 1. The van der Waals surface area contributed by atoms with Gasteiger partial charge in [-0.2, -0.15) is 0 Å². The first kappa shape index (κ1) is 10.8. The molecule has 0 radical (unpaired) electrons. The van der Waals surface area contributed by atoms with Crippen molar-refractivity contribution < 1.29 is 19.1 Å². The fourth-order valence-corrected chi connectivity index (χ4v) is 1.36. The quantitative estimate of drug-likeness (QED) is 0.461. The lowest BCUT2D eigenvalue weighted by Gasteiger charge is -2.31. The van der Waals surface area contributed by atoms with E-state index in [1.54, 1.807) is 0 Å². The Morgan fingerprint density at radius 3 is 2.71 bits per heavy atom. The van der Waals surface area contributed by atoms with E-state index in [0.29, 0.717) is 6.54 Å². The lowest BCUT2D eigenvalue weighted by molar-refractivity contribution is 0.0594. The standard InChI is InChI=1S/C8H14N2O4/c1-13-8(12)14-7(11)10-5-3-2-4-6(10)9/h6H,2-5,9H2,1H3. The summed E-state index contributed by atoms with van der Waals surface area (Å²) >= 11 is 0. The maximum Gasteiger partial charge on any atom is 0.517 e. The van der Waals surface area contributed by atoms with Crippen LogP contribution in [-0.4, -0.2) is 37.0 Å². The molecule has 0 saturated carbocycles. The van der Waals surface area contributed by atoms with Crippen LogP contribution in [0.25, 0.3) is 0 Å². The van der Waals surface area contributed by atoms with Crippen molar-refractivity contribution in [1.82, 2.24) is 4.90 Å². The van der Waals surface area contributed by atoms with Crippen molar-refractivity contribution in [3.8, 4) is 0 Å². The van der Waals surface area contributed by atoms with Gasteiger partial charge in [0.15, 0.2) is 0 Å². The number of carbonyl (C=O) groups excluding carboxylic acids is 2. The Kier molecular flexibility index (Phi) is 3.70. The second-order valence-corrected chi connectivity index (χ2v) is 3.08. The summed E-state index contributed by atoms with van der Waals surface area (Å²) in [5, 5.41) is 0. The number of likely N-dealkylation sites (tertiary alicyclic amines) is 1. The van der Waals surface area contributed by atoms with E-state index in [9.17, 15) is 9.59 Å². The average molecular weight is 202 g/mol. The predicted octanol–water partition coefficient (Wildman–Crippen LogP) is 0.660. The molecule has 0 bridgehead atoms. The Morgan fingerprint density at radius 2 is 2.14 bits per heavy atom. The summed E-state index contributed by atoms with van der Waals surface area (Å²) in [5.41, 5.74) is 5.67. The van der Waals surface area contributed by atoms with Crippen molar-refractivity contribution in [2.24, 2.45) is 5.73 Å². The van der Waals surface area contributed by atoms with Crippen molar-refractivity contribution in [3.63, 3.8) is 0 Å². The summed E-state index contributed by atoms with van der Waals surface area (Å²) < 4.78 is 8.55. The van der Waals surface area contributed by atoms with E-state index in [4.69, 9.17) is 5.73 Å². The Balaban J connectivity index is 2.46. The second-order valence-electron chi connectivity index (χ2n) is 3.08. The van der Waals surface area contributed by atoms with Crippen LogP contribution in [0, 0.1) is 0 Å². The number of methoxy groups -OCH3 is 1. The molecule has 2 N–H and O–H groups in total. The zero-order chi connectivity index (χ0) is 10.6. The van der Waals surface area contributed by atoms with Gasteiger partial charge >= 0.3 is 12.2 Å². The highest BCUT2D eigenvalue weighted by molar-refractivity contribution is 5.80. The summed E-state index contributed by atoms with van der Waals surface area (Å²) in [6.45, 7) is 0.525. The van der Waals surface area contributed by atoms with E-state index in [0.717, 1.165) is 26.4 Å². The third-order valence-corrected chi connectivity index (χ3v) is 2.12. The Bertz CT molecular complexity index is 231. The molecule has 14 heavy (non-hydrogen) atoms. The fourth-order valence-electron chi connectivity index (χ4n) is 1.36. The fraction of sp³-hybridized carbons (Fsp3) is 0.750. The number of rotatable bonds is 0. The van der Waals surface area contributed by atoms with Crippen LogP contribution in [0.3, 0.4) is 0 Å². The number of ether oxygens (including phenoxy) is 2. The maximum absolute atomic E-state index is 11.3. The van der Waals surface area contributed by atoms with Crippen LogP contribution in [0.1, 0.15) is 19.3 Å². The molecule has 1 atom stereocenters. The highest BCUT2D eigenvalue weighted by atomic mass is 16.7. The van der Waals surface area contributed by atoms with Crippen molar-refractivity contribution in [2.45, 2.75) is 25.4 Å². The van der Waals surface area contributed by atoms with Crippen LogP contribution in [0.5, 0.6) is 0 Å². The number of amides is 1. The molecule has 1 fully saturated rings. The summed E-state index contributed by atoms with van der Waals surface area (Å²) in [6.07, 6.45) is 0.501. The van der Waals surface area contributed by atoms with Gasteiger partial charge in [0.25, 0.3) is 0 Å².